The standard InChI is InChI=1S/C20H20FNO2/c1-3-14-10-15-8-9-22(20(23)4-2)13-16(15)11-19(14)24-18-7-5-6-17(21)12-18/h4-7,10-12H,2-3,8-9,13H2,1H3. The number of rotatable bonds is 4. The molecule has 124 valence electrons. The van der Waals surface area contributed by atoms with Crippen molar-refractivity contribution in [1.29, 1.82) is 0 Å². The van der Waals surface area contributed by atoms with Crippen molar-refractivity contribution in [2.45, 2.75) is 26.3 Å². The molecule has 1 amide bonds. The van der Waals surface area contributed by atoms with Gasteiger partial charge in [0, 0.05) is 19.2 Å². The molecule has 0 aromatic heterocycles. The van der Waals surface area contributed by atoms with Gasteiger partial charge in [-0.2, -0.15) is 0 Å². The number of amides is 1. The fraction of sp³-hybridized carbons (Fsp3) is 0.250. The summed E-state index contributed by atoms with van der Waals surface area (Å²) < 4.78 is 19.3. The number of aryl methyl sites for hydroxylation is 1. The van der Waals surface area contributed by atoms with Gasteiger partial charge in [0.05, 0.1) is 0 Å². The minimum Gasteiger partial charge on any atom is -0.457 e. The molecule has 0 atom stereocenters. The molecule has 2 aromatic carbocycles. The molecule has 0 aliphatic carbocycles. The van der Waals surface area contributed by atoms with Gasteiger partial charge in [-0.05, 0) is 53.8 Å². The van der Waals surface area contributed by atoms with E-state index in [2.05, 4.69) is 19.6 Å². The molecule has 1 aliphatic rings. The van der Waals surface area contributed by atoms with Crippen LogP contribution in [0.5, 0.6) is 11.5 Å². The minimum atomic E-state index is -0.328. The first-order valence-electron chi connectivity index (χ1n) is 8.10. The Bertz CT molecular complexity index is 785. The van der Waals surface area contributed by atoms with Crippen LogP contribution in [0, 0.1) is 5.82 Å². The predicted octanol–water partition coefficient (Wildman–Crippen LogP) is 4.25. The molecule has 0 bridgehead atoms. The highest BCUT2D eigenvalue weighted by molar-refractivity contribution is 5.87. The Kier molecular flexibility index (Phi) is 4.65. The Morgan fingerprint density at radius 1 is 1.33 bits per heavy atom. The van der Waals surface area contributed by atoms with Crippen molar-refractivity contribution in [1.82, 2.24) is 4.90 Å². The molecule has 0 fully saturated rings. The SMILES string of the molecule is C=CC(=O)N1CCc2cc(CC)c(Oc3cccc(F)c3)cc2C1. The van der Waals surface area contributed by atoms with E-state index in [0.717, 1.165) is 29.7 Å². The Balaban J connectivity index is 1.92. The van der Waals surface area contributed by atoms with E-state index in [-0.39, 0.29) is 11.7 Å². The maximum absolute atomic E-state index is 13.4. The van der Waals surface area contributed by atoms with Crippen LogP contribution in [0.1, 0.15) is 23.6 Å². The van der Waals surface area contributed by atoms with E-state index >= 15 is 0 Å². The fourth-order valence-corrected chi connectivity index (χ4v) is 2.98. The second kappa shape index (κ2) is 6.87. The van der Waals surface area contributed by atoms with E-state index in [4.69, 9.17) is 4.74 Å². The Labute approximate surface area is 141 Å². The minimum absolute atomic E-state index is 0.0622. The van der Waals surface area contributed by atoms with Crippen molar-refractivity contribution in [2.75, 3.05) is 6.54 Å². The van der Waals surface area contributed by atoms with Gasteiger partial charge in [0.15, 0.2) is 0 Å². The molecule has 0 N–H and O–H groups in total. The van der Waals surface area contributed by atoms with Crippen molar-refractivity contribution in [2.24, 2.45) is 0 Å². The Hall–Kier alpha value is -2.62. The highest BCUT2D eigenvalue weighted by Gasteiger charge is 2.21. The Morgan fingerprint density at radius 2 is 2.17 bits per heavy atom. The average molecular weight is 325 g/mol. The third kappa shape index (κ3) is 3.32. The predicted molar refractivity (Wildman–Crippen MR) is 91.6 cm³/mol. The summed E-state index contributed by atoms with van der Waals surface area (Å²) in [5, 5.41) is 0. The van der Waals surface area contributed by atoms with Crippen LogP contribution in [0.25, 0.3) is 0 Å². The highest BCUT2D eigenvalue weighted by atomic mass is 19.1. The summed E-state index contributed by atoms with van der Waals surface area (Å²) in [4.78, 5) is 13.6. The van der Waals surface area contributed by atoms with Gasteiger partial charge < -0.3 is 9.64 Å². The zero-order valence-electron chi connectivity index (χ0n) is 13.7. The van der Waals surface area contributed by atoms with Crippen LogP contribution in [0.15, 0.2) is 49.1 Å². The van der Waals surface area contributed by atoms with Gasteiger partial charge in [0.2, 0.25) is 5.91 Å². The first-order valence-corrected chi connectivity index (χ1v) is 8.10. The zero-order valence-corrected chi connectivity index (χ0v) is 13.7. The molecular weight excluding hydrogens is 305 g/mol. The summed E-state index contributed by atoms with van der Waals surface area (Å²) in [5.74, 6) is 0.799. The number of benzene rings is 2. The molecule has 1 aliphatic heterocycles. The van der Waals surface area contributed by atoms with Gasteiger partial charge >= 0.3 is 0 Å². The van der Waals surface area contributed by atoms with Gasteiger partial charge in [-0.15, -0.1) is 0 Å². The summed E-state index contributed by atoms with van der Waals surface area (Å²) in [5.41, 5.74) is 3.40. The second-order valence-corrected chi connectivity index (χ2v) is 5.86. The van der Waals surface area contributed by atoms with Crippen molar-refractivity contribution in [3.05, 3.63) is 71.6 Å². The lowest BCUT2D eigenvalue weighted by Crippen LogP contribution is -2.34. The summed E-state index contributed by atoms with van der Waals surface area (Å²) >= 11 is 0. The molecule has 0 saturated heterocycles. The molecule has 4 heteroatoms. The number of hydrogen-bond acceptors (Lipinski definition) is 2. The van der Waals surface area contributed by atoms with Crippen LogP contribution >= 0.6 is 0 Å². The lowest BCUT2D eigenvalue weighted by Gasteiger charge is -2.29. The third-order valence-electron chi connectivity index (χ3n) is 4.29. The van der Waals surface area contributed by atoms with Gasteiger partial charge in [-0.1, -0.05) is 25.6 Å². The molecule has 0 saturated carbocycles. The quantitative estimate of drug-likeness (QED) is 0.787. The van der Waals surface area contributed by atoms with E-state index in [1.807, 2.05) is 6.07 Å². The van der Waals surface area contributed by atoms with Crippen LogP contribution in [0.2, 0.25) is 0 Å². The van der Waals surface area contributed by atoms with Gasteiger partial charge in [0.25, 0.3) is 0 Å². The molecule has 1 heterocycles. The molecular formula is C20H20FNO2. The summed E-state index contributed by atoms with van der Waals surface area (Å²) in [7, 11) is 0. The van der Waals surface area contributed by atoms with E-state index in [9.17, 15) is 9.18 Å². The number of hydrogen-bond donors (Lipinski definition) is 0. The first-order chi connectivity index (χ1) is 11.6. The average Bonchev–Trinajstić information content (AvgIpc) is 2.60. The van der Waals surface area contributed by atoms with Crippen LogP contribution in [0.3, 0.4) is 0 Å². The van der Waals surface area contributed by atoms with E-state index in [1.54, 1.807) is 17.0 Å². The number of carbonyl (C=O) groups excluding carboxylic acids is 1. The van der Waals surface area contributed by atoms with Gasteiger partial charge in [-0.3, -0.25) is 4.79 Å². The topological polar surface area (TPSA) is 29.5 Å². The molecule has 3 rings (SSSR count). The highest BCUT2D eigenvalue weighted by Crippen LogP contribution is 2.32. The maximum atomic E-state index is 13.4. The largest absolute Gasteiger partial charge is 0.457 e. The number of ether oxygens (including phenoxy) is 1. The maximum Gasteiger partial charge on any atom is 0.246 e. The van der Waals surface area contributed by atoms with Crippen LogP contribution in [-0.4, -0.2) is 17.4 Å². The van der Waals surface area contributed by atoms with Crippen LogP contribution in [0.4, 0.5) is 4.39 Å². The lowest BCUT2D eigenvalue weighted by molar-refractivity contribution is -0.126. The van der Waals surface area contributed by atoms with Gasteiger partial charge in [0.1, 0.15) is 17.3 Å². The zero-order chi connectivity index (χ0) is 17.1. The third-order valence-corrected chi connectivity index (χ3v) is 4.29. The van der Waals surface area contributed by atoms with Crippen molar-refractivity contribution in [3.8, 4) is 11.5 Å². The summed E-state index contributed by atoms with van der Waals surface area (Å²) in [6.07, 6.45) is 2.99. The lowest BCUT2D eigenvalue weighted by atomic mass is 9.95. The van der Waals surface area contributed by atoms with Crippen LogP contribution in [-0.2, 0) is 24.2 Å². The number of carbonyl (C=O) groups is 1. The van der Waals surface area contributed by atoms with E-state index in [0.29, 0.717) is 18.8 Å². The molecule has 0 spiro atoms. The van der Waals surface area contributed by atoms with E-state index in [1.165, 1.54) is 23.8 Å². The normalized spacial score (nSPS) is 13.3. The van der Waals surface area contributed by atoms with Gasteiger partial charge in [-0.25, -0.2) is 4.39 Å². The summed E-state index contributed by atoms with van der Waals surface area (Å²) in [6, 6.07) is 10.2. The van der Waals surface area contributed by atoms with Crippen LogP contribution < -0.4 is 4.74 Å². The monoisotopic (exact) mass is 325 g/mol. The van der Waals surface area contributed by atoms with Crippen molar-refractivity contribution in [3.63, 3.8) is 0 Å². The fourth-order valence-electron chi connectivity index (χ4n) is 2.98. The second-order valence-electron chi connectivity index (χ2n) is 5.86. The van der Waals surface area contributed by atoms with E-state index < -0.39 is 0 Å². The number of halogens is 1. The molecule has 24 heavy (non-hydrogen) atoms. The van der Waals surface area contributed by atoms with Crippen molar-refractivity contribution < 1.29 is 13.9 Å². The number of fused-ring (bicyclic) bond motifs is 1. The Morgan fingerprint density at radius 3 is 2.88 bits per heavy atom. The number of nitrogens with zero attached hydrogens (tertiary/aromatic N) is 1. The molecule has 0 radical (unpaired) electrons. The first kappa shape index (κ1) is 16.2. The van der Waals surface area contributed by atoms with Crippen molar-refractivity contribution >= 4 is 5.91 Å². The molecule has 0 unspecified atom stereocenters. The molecule has 2 aromatic rings. The smallest absolute Gasteiger partial charge is 0.246 e. The molecule has 3 nitrogen and oxygen atoms in total. The summed E-state index contributed by atoms with van der Waals surface area (Å²) in [6.45, 7) is 6.86.